The van der Waals surface area contributed by atoms with E-state index in [1.165, 1.54) is 6.26 Å². The van der Waals surface area contributed by atoms with Crippen molar-refractivity contribution in [3.63, 3.8) is 0 Å². The molecule has 1 aromatic carbocycles. The molecule has 0 unspecified atom stereocenters. The SMILES string of the molecule is C[C@H](N)c1cccc(OCCS(C)(=O)=O)c1. The number of sulfone groups is 1. The first kappa shape index (κ1) is 13.0. The molecular formula is C11H17NO3S. The van der Waals surface area contributed by atoms with E-state index in [9.17, 15) is 8.42 Å². The van der Waals surface area contributed by atoms with Gasteiger partial charge in [0.05, 0.1) is 5.75 Å². The first-order valence-corrected chi connectivity index (χ1v) is 7.10. The van der Waals surface area contributed by atoms with Crippen LogP contribution in [0.5, 0.6) is 5.75 Å². The highest BCUT2D eigenvalue weighted by atomic mass is 32.2. The smallest absolute Gasteiger partial charge is 0.150 e. The van der Waals surface area contributed by atoms with Gasteiger partial charge in [-0.3, -0.25) is 0 Å². The summed E-state index contributed by atoms with van der Waals surface area (Å²) in [6.45, 7) is 2.05. The van der Waals surface area contributed by atoms with Crippen molar-refractivity contribution in [1.82, 2.24) is 0 Å². The lowest BCUT2D eigenvalue weighted by Crippen LogP contribution is -2.12. The quantitative estimate of drug-likeness (QED) is 0.841. The highest BCUT2D eigenvalue weighted by molar-refractivity contribution is 7.90. The molecule has 1 aromatic rings. The van der Waals surface area contributed by atoms with Gasteiger partial charge in [-0.25, -0.2) is 8.42 Å². The Morgan fingerprint density at radius 3 is 2.69 bits per heavy atom. The van der Waals surface area contributed by atoms with Gasteiger partial charge >= 0.3 is 0 Å². The molecule has 5 heteroatoms. The monoisotopic (exact) mass is 243 g/mol. The lowest BCUT2D eigenvalue weighted by Gasteiger charge is -2.09. The Kier molecular flexibility index (Phi) is 4.32. The lowest BCUT2D eigenvalue weighted by atomic mass is 10.1. The van der Waals surface area contributed by atoms with Crippen molar-refractivity contribution in [2.45, 2.75) is 13.0 Å². The molecule has 0 fully saturated rings. The van der Waals surface area contributed by atoms with Crippen molar-refractivity contribution < 1.29 is 13.2 Å². The molecule has 0 aliphatic heterocycles. The van der Waals surface area contributed by atoms with E-state index in [0.29, 0.717) is 5.75 Å². The third kappa shape index (κ3) is 4.63. The van der Waals surface area contributed by atoms with Gasteiger partial charge in [0.15, 0.2) is 9.84 Å². The van der Waals surface area contributed by atoms with Gasteiger partial charge in [-0.1, -0.05) is 12.1 Å². The average Bonchev–Trinajstić information content (AvgIpc) is 2.16. The number of benzene rings is 1. The van der Waals surface area contributed by atoms with Crippen molar-refractivity contribution in [1.29, 1.82) is 0 Å². The molecule has 0 aliphatic rings. The van der Waals surface area contributed by atoms with E-state index in [4.69, 9.17) is 10.5 Å². The molecule has 0 amide bonds. The maximum atomic E-state index is 10.9. The fourth-order valence-electron chi connectivity index (χ4n) is 1.20. The normalized spacial score (nSPS) is 13.4. The fraction of sp³-hybridized carbons (Fsp3) is 0.455. The number of rotatable bonds is 5. The molecule has 16 heavy (non-hydrogen) atoms. The molecule has 2 N–H and O–H groups in total. The second-order valence-electron chi connectivity index (χ2n) is 3.84. The summed E-state index contributed by atoms with van der Waals surface area (Å²) in [4.78, 5) is 0. The molecule has 1 rings (SSSR count). The van der Waals surface area contributed by atoms with Crippen LogP contribution in [0.2, 0.25) is 0 Å². The largest absolute Gasteiger partial charge is 0.493 e. The molecule has 0 aromatic heterocycles. The minimum absolute atomic E-state index is 0.0232. The van der Waals surface area contributed by atoms with Crippen molar-refractivity contribution in [2.24, 2.45) is 5.73 Å². The van der Waals surface area contributed by atoms with E-state index in [0.717, 1.165) is 5.56 Å². The molecule has 0 bridgehead atoms. The first-order chi connectivity index (χ1) is 7.38. The van der Waals surface area contributed by atoms with Gasteiger partial charge < -0.3 is 10.5 Å². The summed E-state index contributed by atoms with van der Waals surface area (Å²) in [5, 5.41) is 0. The number of hydrogen-bond acceptors (Lipinski definition) is 4. The summed E-state index contributed by atoms with van der Waals surface area (Å²) >= 11 is 0. The van der Waals surface area contributed by atoms with Crippen LogP contribution >= 0.6 is 0 Å². The summed E-state index contributed by atoms with van der Waals surface area (Å²) in [7, 11) is -2.97. The average molecular weight is 243 g/mol. The minimum Gasteiger partial charge on any atom is -0.493 e. The van der Waals surface area contributed by atoms with E-state index < -0.39 is 9.84 Å². The van der Waals surface area contributed by atoms with Gasteiger partial charge in [0, 0.05) is 12.3 Å². The molecule has 4 nitrogen and oxygen atoms in total. The number of ether oxygens (including phenoxy) is 1. The maximum Gasteiger partial charge on any atom is 0.150 e. The molecule has 0 aliphatic carbocycles. The van der Waals surface area contributed by atoms with Crippen LogP contribution in [0.4, 0.5) is 0 Å². The van der Waals surface area contributed by atoms with Gasteiger partial charge in [0.1, 0.15) is 12.4 Å². The Labute approximate surface area is 96.3 Å². The van der Waals surface area contributed by atoms with Crippen LogP contribution in [0.15, 0.2) is 24.3 Å². The first-order valence-electron chi connectivity index (χ1n) is 5.04. The summed E-state index contributed by atoms with van der Waals surface area (Å²) in [5.74, 6) is 0.675. The molecular weight excluding hydrogens is 226 g/mol. The van der Waals surface area contributed by atoms with Crippen molar-refractivity contribution >= 4 is 9.84 Å². The Bertz CT molecular complexity index is 440. The zero-order valence-electron chi connectivity index (χ0n) is 9.51. The van der Waals surface area contributed by atoms with Crippen molar-refractivity contribution in [3.05, 3.63) is 29.8 Å². The second kappa shape index (κ2) is 5.32. The molecule has 0 saturated carbocycles. The Balaban J connectivity index is 2.58. The zero-order valence-corrected chi connectivity index (χ0v) is 10.3. The predicted molar refractivity (Wildman–Crippen MR) is 64.3 cm³/mol. The van der Waals surface area contributed by atoms with Crippen LogP contribution in [0, 0.1) is 0 Å². The van der Waals surface area contributed by atoms with Crippen LogP contribution in [0.3, 0.4) is 0 Å². The molecule has 90 valence electrons. The number of nitrogens with two attached hydrogens (primary N) is 1. The molecule has 0 saturated heterocycles. The third-order valence-electron chi connectivity index (χ3n) is 2.11. The Morgan fingerprint density at radius 1 is 1.44 bits per heavy atom. The van der Waals surface area contributed by atoms with E-state index in [2.05, 4.69) is 0 Å². The van der Waals surface area contributed by atoms with Crippen LogP contribution in [-0.2, 0) is 9.84 Å². The third-order valence-corrected chi connectivity index (χ3v) is 3.01. The van der Waals surface area contributed by atoms with Gasteiger partial charge in [-0.05, 0) is 24.6 Å². The van der Waals surface area contributed by atoms with E-state index >= 15 is 0 Å². The second-order valence-corrected chi connectivity index (χ2v) is 6.10. The fourth-order valence-corrected chi connectivity index (χ4v) is 1.58. The van der Waals surface area contributed by atoms with Crippen LogP contribution < -0.4 is 10.5 Å². The van der Waals surface area contributed by atoms with Crippen molar-refractivity contribution in [2.75, 3.05) is 18.6 Å². The zero-order chi connectivity index (χ0) is 12.2. The maximum absolute atomic E-state index is 10.9. The molecule has 0 radical (unpaired) electrons. The lowest BCUT2D eigenvalue weighted by molar-refractivity contribution is 0.340. The highest BCUT2D eigenvalue weighted by Gasteiger charge is 2.04. The van der Waals surface area contributed by atoms with Gasteiger partial charge in [0.2, 0.25) is 0 Å². The Morgan fingerprint density at radius 2 is 2.12 bits per heavy atom. The van der Waals surface area contributed by atoms with Gasteiger partial charge in [-0.2, -0.15) is 0 Å². The summed E-state index contributed by atoms with van der Waals surface area (Å²) in [6, 6.07) is 7.31. The van der Waals surface area contributed by atoms with Crippen molar-refractivity contribution in [3.8, 4) is 5.75 Å². The molecule has 0 spiro atoms. The minimum atomic E-state index is -2.97. The molecule has 0 heterocycles. The van der Waals surface area contributed by atoms with E-state index in [-0.39, 0.29) is 18.4 Å². The Hall–Kier alpha value is -1.07. The van der Waals surface area contributed by atoms with Crippen LogP contribution in [0.25, 0.3) is 0 Å². The van der Waals surface area contributed by atoms with Crippen LogP contribution in [-0.4, -0.2) is 27.0 Å². The summed E-state index contributed by atoms with van der Waals surface area (Å²) < 4.78 is 27.1. The molecule has 1 atom stereocenters. The summed E-state index contributed by atoms with van der Waals surface area (Å²) in [6.07, 6.45) is 1.19. The van der Waals surface area contributed by atoms with Gasteiger partial charge in [0.25, 0.3) is 0 Å². The van der Waals surface area contributed by atoms with E-state index in [1.54, 1.807) is 6.07 Å². The standard InChI is InChI=1S/C11H17NO3S/c1-9(12)10-4-3-5-11(8-10)15-6-7-16(2,13)14/h3-5,8-9H,6-7,12H2,1-2H3/t9-/m0/s1. The highest BCUT2D eigenvalue weighted by Crippen LogP contribution is 2.17. The topological polar surface area (TPSA) is 69.4 Å². The van der Waals surface area contributed by atoms with Crippen LogP contribution in [0.1, 0.15) is 18.5 Å². The summed E-state index contributed by atoms with van der Waals surface area (Å²) in [5.41, 5.74) is 6.70. The predicted octanol–water partition coefficient (Wildman–Crippen LogP) is 1.13. The van der Waals surface area contributed by atoms with E-state index in [1.807, 2.05) is 25.1 Å². The van der Waals surface area contributed by atoms with Gasteiger partial charge in [-0.15, -0.1) is 0 Å². The number of hydrogen-bond donors (Lipinski definition) is 1.